The molecule has 0 bridgehead atoms. The van der Waals surface area contributed by atoms with Gasteiger partial charge in [-0.25, -0.2) is 8.42 Å². The maximum absolute atomic E-state index is 11.3. The number of fused-ring (bicyclic) bond motifs is 1. The third-order valence-electron chi connectivity index (χ3n) is 2.45. The average molecular weight is 258 g/mol. The molecule has 0 radical (unpaired) electrons. The Hall–Kier alpha value is -1.00. The van der Waals surface area contributed by atoms with Gasteiger partial charge in [0.05, 0.1) is 5.75 Å². The third-order valence-corrected chi connectivity index (χ3v) is 3.52. The first-order valence-electron chi connectivity index (χ1n) is 4.78. The van der Waals surface area contributed by atoms with Crippen LogP contribution >= 0.6 is 11.6 Å². The second kappa shape index (κ2) is 3.79. The molecule has 16 heavy (non-hydrogen) atoms. The Labute approximate surface area is 99.6 Å². The highest BCUT2D eigenvalue weighted by Gasteiger charge is 2.11. The molecule has 1 heterocycles. The van der Waals surface area contributed by atoms with Gasteiger partial charge >= 0.3 is 0 Å². The first-order chi connectivity index (χ1) is 7.37. The lowest BCUT2D eigenvalue weighted by molar-refractivity contribution is 0.601. The van der Waals surface area contributed by atoms with Gasteiger partial charge in [0, 0.05) is 35.4 Å². The maximum atomic E-state index is 11.3. The molecule has 0 saturated heterocycles. The fraction of sp³-hybridized carbons (Fsp3) is 0.273. The fourth-order valence-corrected chi connectivity index (χ4v) is 2.80. The Morgan fingerprint density at radius 3 is 2.69 bits per heavy atom. The molecule has 86 valence electrons. The van der Waals surface area contributed by atoms with E-state index < -0.39 is 9.84 Å². The Morgan fingerprint density at radius 1 is 1.38 bits per heavy atom. The van der Waals surface area contributed by atoms with Crippen LogP contribution in [0.2, 0.25) is 5.02 Å². The standard InChI is InChI=1S/C11H12ClNO2S/c1-13-6-8(7-16(2,14)15)10-4-3-9(12)5-11(10)13/h3-6H,7H2,1-2H3. The zero-order valence-electron chi connectivity index (χ0n) is 9.07. The minimum absolute atomic E-state index is 0.0615. The zero-order valence-corrected chi connectivity index (χ0v) is 10.6. The number of hydrogen-bond acceptors (Lipinski definition) is 2. The highest BCUT2D eigenvalue weighted by Crippen LogP contribution is 2.25. The molecule has 0 aliphatic heterocycles. The predicted molar refractivity (Wildman–Crippen MR) is 66.5 cm³/mol. The molecule has 0 fully saturated rings. The van der Waals surface area contributed by atoms with E-state index in [0.717, 1.165) is 16.5 Å². The van der Waals surface area contributed by atoms with Crippen molar-refractivity contribution in [2.45, 2.75) is 5.75 Å². The summed E-state index contributed by atoms with van der Waals surface area (Å²) in [5.74, 6) is 0.0615. The van der Waals surface area contributed by atoms with Crippen LogP contribution in [0.3, 0.4) is 0 Å². The molecule has 0 saturated carbocycles. The number of benzene rings is 1. The van der Waals surface area contributed by atoms with Gasteiger partial charge in [0.25, 0.3) is 0 Å². The summed E-state index contributed by atoms with van der Waals surface area (Å²) in [5, 5.41) is 1.59. The van der Waals surface area contributed by atoms with E-state index in [-0.39, 0.29) is 5.75 Å². The smallest absolute Gasteiger partial charge is 0.151 e. The summed E-state index contributed by atoms with van der Waals surface area (Å²) in [6.07, 6.45) is 3.07. The number of aromatic nitrogens is 1. The molecule has 0 unspecified atom stereocenters. The number of rotatable bonds is 2. The van der Waals surface area contributed by atoms with Gasteiger partial charge in [0.1, 0.15) is 0 Å². The SMILES string of the molecule is Cn1cc(CS(C)(=O)=O)c2ccc(Cl)cc21. The van der Waals surface area contributed by atoms with Crippen LogP contribution in [0.4, 0.5) is 0 Å². The number of nitrogens with zero attached hydrogens (tertiary/aromatic N) is 1. The van der Waals surface area contributed by atoms with E-state index in [1.54, 1.807) is 6.07 Å². The van der Waals surface area contributed by atoms with Crippen molar-refractivity contribution in [3.63, 3.8) is 0 Å². The summed E-state index contributed by atoms with van der Waals surface area (Å²) in [5.41, 5.74) is 1.77. The van der Waals surface area contributed by atoms with E-state index in [9.17, 15) is 8.42 Å². The monoisotopic (exact) mass is 257 g/mol. The van der Waals surface area contributed by atoms with Gasteiger partial charge in [-0.1, -0.05) is 17.7 Å². The summed E-state index contributed by atoms with van der Waals surface area (Å²) in [6, 6.07) is 5.47. The van der Waals surface area contributed by atoms with Gasteiger partial charge < -0.3 is 4.57 Å². The second-order valence-corrected chi connectivity index (χ2v) is 6.57. The number of halogens is 1. The first kappa shape index (κ1) is 11.5. The average Bonchev–Trinajstić information content (AvgIpc) is 2.40. The lowest BCUT2D eigenvalue weighted by Crippen LogP contribution is -1.99. The molecule has 5 heteroatoms. The lowest BCUT2D eigenvalue weighted by atomic mass is 10.2. The lowest BCUT2D eigenvalue weighted by Gasteiger charge is -1.97. The van der Waals surface area contributed by atoms with Crippen LogP contribution in [0.5, 0.6) is 0 Å². The molecule has 0 amide bonds. The molecule has 0 aliphatic carbocycles. The molecule has 0 atom stereocenters. The van der Waals surface area contributed by atoms with Gasteiger partial charge in [-0.05, 0) is 17.7 Å². The molecule has 1 aromatic heterocycles. The first-order valence-corrected chi connectivity index (χ1v) is 7.22. The van der Waals surface area contributed by atoms with Gasteiger partial charge in [0.2, 0.25) is 0 Å². The van der Waals surface area contributed by atoms with Crippen LogP contribution < -0.4 is 0 Å². The normalized spacial score (nSPS) is 12.2. The van der Waals surface area contributed by atoms with Crippen LogP contribution in [0.25, 0.3) is 10.9 Å². The molecule has 3 nitrogen and oxygen atoms in total. The summed E-state index contributed by atoms with van der Waals surface area (Å²) >= 11 is 5.90. The minimum Gasteiger partial charge on any atom is -0.350 e. The molecular weight excluding hydrogens is 246 g/mol. The summed E-state index contributed by atoms with van der Waals surface area (Å²) in [7, 11) is -1.13. The Bertz CT molecular complexity index is 643. The van der Waals surface area contributed by atoms with Crippen molar-refractivity contribution < 1.29 is 8.42 Å². The summed E-state index contributed by atoms with van der Waals surface area (Å²) in [4.78, 5) is 0. The van der Waals surface area contributed by atoms with Crippen molar-refractivity contribution >= 4 is 32.3 Å². The highest BCUT2D eigenvalue weighted by atomic mass is 35.5. The van der Waals surface area contributed by atoms with E-state index >= 15 is 0 Å². The minimum atomic E-state index is -3.01. The topological polar surface area (TPSA) is 39.1 Å². The van der Waals surface area contributed by atoms with Crippen LogP contribution in [0.1, 0.15) is 5.56 Å². The molecule has 1 aromatic carbocycles. The Morgan fingerprint density at radius 2 is 2.06 bits per heavy atom. The largest absolute Gasteiger partial charge is 0.350 e. The molecule has 0 spiro atoms. The van der Waals surface area contributed by atoms with Gasteiger partial charge in [0.15, 0.2) is 9.84 Å². The van der Waals surface area contributed by atoms with Crippen molar-refractivity contribution in [1.82, 2.24) is 4.57 Å². The van der Waals surface area contributed by atoms with Crippen molar-refractivity contribution in [2.24, 2.45) is 7.05 Å². The summed E-state index contributed by atoms with van der Waals surface area (Å²) < 4.78 is 24.5. The van der Waals surface area contributed by atoms with E-state index in [0.29, 0.717) is 5.02 Å². The van der Waals surface area contributed by atoms with Crippen molar-refractivity contribution in [3.8, 4) is 0 Å². The highest BCUT2D eigenvalue weighted by molar-refractivity contribution is 7.89. The van der Waals surface area contributed by atoms with Gasteiger partial charge in [-0.2, -0.15) is 0 Å². The molecule has 2 rings (SSSR count). The van der Waals surface area contributed by atoms with Crippen LogP contribution in [0.15, 0.2) is 24.4 Å². The molecule has 0 N–H and O–H groups in total. The Balaban J connectivity index is 2.64. The van der Waals surface area contributed by atoms with Crippen LogP contribution in [0, 0.1) is 0 Å². The van der Waals surface area contributed by atoms with Gasteiger partial charge in [-0.15, -0.1) is 0 Å². The van der Waals surface area contributed by atoms with Gasteiger partial charge in [-0.3, -0.25) is 0 Å². The quantitative estimate of drug-likeness (QED) is 0.829. The van der Waals surface area contributed by atoms with E-state index in [4.69, 9.17) is 11.6 Å². The van der Waals surface area contributed by atoms with Crippen molar-refractivity contribution in [1.29, 1.82) is 0 Å². The molecule has 2 aromatic rings. The van der Waals surface area contributed by atoms with Crippen LogP contribution in [-0.4, -0.2) is 19.2 Å². The van der Waals surface area contributed by atoms with Crippen molar-refractivity contribution in [3.05, 3.63) is 35.0 Å². The predicted octanol–water partition coefficient (Wildman–Crippen LogP) is 2.38. The van der Waals surface area contributed by atoms with E-state index in [1.165, 1.54) is 6.26 Å². The Kier molecular flexibility index (Phi) is 2.72. The zero-order chi connectivity index (χ0) is 11.9. The number of aryl methyl sites for hydroxylation is 1. The van der Waals surface area contributed by atoms with Crippen LogP contribution in [-0.2, 0) is 22.6 Å². The third kappa shape index (κ3) is 2.23. The van der Waals surface area contributed by atoms with E-state index in [2.05, 4.69) is 0 Å². The molecular formula is C11H12ClNO2S. The van der Waals surface area contributed by atoms with Crippen molar-refractivity contribution in [2.75, 3.05) is 6.26 Å². The van der Waals surface area contributed by atoms with E-state index in [1.807, 2.05) is 29.9 Å². The fourth-order valence-electron chi connectivity index (χ4n) is 1.84. The maximum Gasteiger partial charge on any atom is 0.151 e. The second-order valence-electron chi connectivity index (χ2n) is 4.00. The number of sulfone groups is 1. The summed E-state index contributed by atoms with van der Waals surface area (Å²) in [6.45, 7) is 0. The molecule has 0 aliphatic rings. The number of hydrogen-bond donors (Lipinski definition) is 0.